The van der Waals surface area contributed by atoms with Gasteiger partial charge in [-0.25, -0.2) is 8.42 Å². The molecule has 0 bridgehead atoms. The van der Waals surface area contributed by atoms with Gasteiger partial charge in [-0.05, 0) is 50.1 Å². The molecule has 1 saturated heterocycles. The number of nitriles is 1. The number of nitrogens with one attached hydrogen (secondary N) is 1. The van der Waals surface area contributed by atoms with E-state index in [1.54, 1.807) is 43.3 Å². The Morgan fingerprint density at radius 3 is 2.59 bits per heavy atom. The normalized spacial score (nSPS) is 15.9. The summed E-state index contributed by atoms with van der Waals surface area (Å²) >= 11 is 0. The lowest BCUT2D eigenvalue weighted by Gasteiger charge is -2.26. The van der Waals surface area contributed by atoms with Crippen molar-refractivity contribution in [2.45, 2.75) is 37.2 Å². The molecule has 1 N–H and O–H groups in total. The Bertz CT molecular complexity index is 1020. The van der Waals surface area contributed by atoms with Crippen molar-refractivity contribution in [3.63, 3.8) is 0 Å². The number of ether oxygens (including phenoxy) is 1. The van der Waals surface area contributed by atoms with E-state index >= 15 is 0 Å². The molecule has 1 fully saturated rings. The highest BCUT2D eigenvalue weighted by Gasteiger charge is 2.26. The lowest BCUT2D eigenvalue weighted by Crippen LogP contribution is -2.35. The first-order valence-electron chi connectivity index (χ1n) is 9.48. The molecule has 1 unspecified atom stereocenters. The van der Waals surface area contributed by atoms with E-state index in [1.165, 1.54) is 16.4 Å². The predicted molar refractivity (Wildman–Crippen MR) is 109 cm³/mol. The van der Waals surface area contributed by atoms with Crippen LogP contribution in [0.25, 0.3) is 0 Å². The van der Waals surface area contributed by atoms with E-state index < -0.39 is 22.0 Å². The highest BCUT2D eigenvalue weighted by molar-refractivity contribution is 7.89. The summed E-state index contributed by atoms with van der Waals surface area (Å²) in [5.74, 6) is -0.121. The minimum atomic E-state index is -3.58. The first kappa shape index (κ1) is 20.8. The molecular weight excluding hydrogens is 390 g/mol. The molecule has 1 heterocycles. The Morgan fingerprint density at radius 1 is 1.14 bits per heavy atom. The smallest absolute Gasteiger partial charge is 0.265 e. The van der Waals surface area contributed by atoms with Crippen LogP contribution >= 0.6 is 0 Å². The van der Waals surface area contributed by atoms with Crippen LogP contribution in [0.2, 0.25) is 0 Å². The summed E-state index contributed by atoms with van der Waals surface area (Å²) in [4.78, 5) is 12.7. The molecule has 0 saturated carbocycles. The second-order valence-corrected chi connectivity index (χ2v) is 8.79. The molecule has 29 heavy (non-hydrogen) atoms. The standard InChI is InChI=1S/C21H23N3O4S/c1-16(28-20-11-4-3-8-17(20)15-22)21(25)23-18-9-7-10-19(14-18)29(26,27)24-12-5-2-6-13-24/h3-4,7-11,14,16H,2,5-6,12-13H2,1H3,(H,23,25). The Morgan fingerprint density at radius 2 is 1.86 bits per heavy atom. The van der Waals surface area contributed by atoms with Crippen LogP contribution in [0.4, 0.5) is 5.69 Å². The first-order valence-corrected chi connectivity index (χ1v) is 10.9. The van der Waals surface area contributed by atoms with Crippen LogP contribution in [0, 0.1) is 11.3 Å². The summed E-state index contributed by atoms with van der Waals surface area (Å²) < 4.78 is 32.7. The Labute approximate surface area is 171 Å². The fraction of sp³-hybridized carbons (Fsp3) is 0.333. The van der Waals surface area contributed by atoms with Gasteiger partial charge >= 0.3 is 0 Å². The van der Waals surface area contributed by atoms with E-state index in [1.807, 2.05) is 6.07 Å². The van der Waals surface area contributed by atoms with E-state index in [0.717, 1.165) is 19.3 Å². The number of benzene rings is 2. The molecule has 3 rings (SSSR count). The van der Waals surface area contributed by atoms with Crippen LogP contribution < -0.4 is 10.1 Å². The summed E-state index contributed by atoms with van der Waals surface area (Å²) in [5.41, 5.74) is 0.707. The zero-order valence-electron chi connectivity index (χ0n) is 16.2. The Hall–Kier alpha value is -2.89. The van der Waals surface area contributed by atoms with E-state index in [0.29, 0.717) is 30.1 Å². The van der Waals surface area contributed by atoms with Crippen molar-refractivity contribution in [2.24, 2.45) is 0 Å². The van der Waals surface area contributed by atoms with Gasteiger partial charge in [0.1, 0.15) is 11.8 Å². The van der Waals surface area contributed by atoms with Crippen molar-refractivity contribution >= 4 is 21.6 Å². The third-order valence-electron chi connectivity index (χ3n) is 4.73. The minimum absolute atomic E-state index is 0.153. The fourth-order valence-electron chi connectivity index (χ4n) is 3.14. The molecule has 1 atom stereocenters. The number of para-hydroxylation sites is 1. The van der Waals surface area contributed by atoms with Gasteiger partial charge in [0.2, 0.25) is 10.0 Å². The number of carbonyl (C=O) groups excluding carboxylic acids is 1. The van der Waals surface area contributed by atoms with Gasteiger partial charge < -0.3 is 10.1 Å². The van der Waals surface area contributed by atoms with Crippen molar-refractivity contribution in [3.8, 4) is 11.8 Å². The third kappa shape index (κ3) is 4.94. The second-order valence-electron chi connectivity index (χ2n) is 6.85. The van der Waals surface area contributed by atoms with Gasteiger partial charge in [-0.2, -0.15) is 9.57 Å². The predicted octanol–water partition coefficient (Wildman–Crippen LogP) is 3.14. The molecule has 1 amide bonds. The average Bonchev–Trinajstić information content (AvgIpc) is 2.75. The number of hydrogen-bond acceptors (Lipinski definition) is 5. The monoisotopic (exact) mass is 413 g/mol. The number of nitrogens with zero attached hydrogens (tertiary/aromatic N) is 2. The van der Waals surface area contributed by atoms with Gasteiger partial charge in [0, 0.05) is 18.8 Å². The van der Waals surface area contributed by atoms with Crippen molar-refractivity contribution in [2.75, 3.05) is 18.4 Å². The number of rotatable bonds is 6. The topological polar surface area (TPSA) is 99.5 Å². The molecule has 2 aromatic carbocycles. The van der Waals surface area contributed by atoms with Gasteiger partial charge in [0.05, 0.1) is 10.5 Å². The molecule has 0 radical (unpaired) electrons. The minimum Gasteiger partial charge on any atom is -0.480 e. The summed E-state index contributed by atoms with van der Waals surface area (Å²) in [7, 11) is -3.58. The van der Waals surface area contributed by atoms with Gasteiger partial charge in [-0.15, -0.1) is 0 Å². The molecule has 8 heteroatoms. The van der Waals surface area contributed by atoms with Crippen LogP contribution in [0.1, 0.15) is 31.7 Å². The SMILES string of the molecule is CC(Oc1ccccc1C#N)C(=O)Nc1cccc(S(=O)(=O)N2CCCCC2)c1. The van der Waals surface area contributed by atoms with E-state index in [-0.39, 0.29) is 4.90 Å². The first-order chi connectivity index (χ1) is 13.9. The number of anilines is 1. The summed E-state index contributed by atoms with van der Waals surface area (Å²) in [5, 5.41) is 11.8. The molecule has 1 aliphatic heterocycles. The van der Waals surface area contributed by atoms with Gasteiger partial charge in [-0.3, -0.25) is 4.79 Å². The molecule has 7 nitrogen and oxygen atoms in total. The quantitative estimate of drug-likeness (QED) is 0.784. The largest absolute Gasteiger partial charge is 0.480 e. The summed E-state index contributed by atoms with van der Waals surface area (Å²) in [6, 6.07) is 14.9. The molecule has 1 aliphatic rings. The van der Waals surface area contributed by atoms with Crippen molar-refractivity contribution < 1.29 is 17.9 Å². The zero-order chi connectivity index (χ0) is 20.9. The van der Waals surface area contributed by atoms with Crippen molar-refractivity contribution in [3.05, 3.63) is 54.1 Å². The molecule has 0 aromatic heterocycles. The number of carbonyl (C=O) groups is 1. The van der Waals surface area contributed by atoms with Gasteiger partial charge in [-0.1, -0.05) is 24.6 Å². The fourth-order valence-corrected chi connectivity index (χ4v) is 4.70. The van der Waals surface area contributed by atoms with Crippen LogP contribution in [-0.2, 0) is 14.8 Å². The molecule has 0 aliphatic carbocycles. The lowest BCUT2D eigenvalue weighted by atomic mass is 10.2. The van der Waals surface area contributed by atoms with Crippen LogP contribution in [-0.4, -0.2) is 37.8 Å². The molecule has 2 aromatic rings. The maximum absolute atomic E-state index is 12.8. The van der Waals surface area contributed by atoms with Crippen molar-refractivity contribution in [1.82, 2.24) is 4.31 Å². The summed E-state index contributed by atoms with van der Waals surface area (Å²) in [6.45, 7) is 2.60. The van der Waals surface area contributed by atoms with E-state index in [2.05, 4.69) is 5.32 Å². The lowest BCUT2D eigenvalue weighted by molar-refractivity contribution is -0.122. The van der Waals surface area contributed by atoms with Gasteiger partial charge in [0.25, 0.3) is 5.91 Å². The van der Waals surface area contributed by atoms with Crippen LogP contribution in [0.3, 0.4) is 0 Å². The second kappa shape index (κ2) is 9.07. The number of amides is 1. The highest BCUT2D eigenvalue weighted by Crippen LogP contribution is 2.23. The maximum atomic E-state index is 12.8. The number of hydrogen-bond donors (Lipinski definition) is 1. The van der Waals surface area contributed by atoms with Crippen molar-refractivity contribution in [1.29, 1.82) is 5.26 Å². The van der Waals surface area contributed by atoms with E-state index in [4.69, 9.17) is 10.00 Å². The average molecular weight is 413 g/mol. The van der Waals surface area contributed by atoms with Crippen LogP contribution in [0.5, 0.6) is 5.75 Å². The Balaban J connectivity index is 1.71. The Kier molecular flexibility index (Phi) is 6.52. The summed E-state index contributed by atoms with van der Waals surface area (Å²) in [6.07, 6.45) is 1.88. The molecular formula is C21H23N3O4S. The highest BCUT2D eigenvalue weighted by atomic mass is 32.2. The number of piperidine rings is 1. The van der Waals surface area contributed by atoms with Crippen LogP contribution in [0.15, 0.2) is 53.4 Å². The molecule has 0 spiro atoms. The molecule has 152 valence electrons. The third-order valence-corrected chi connectivity index (χ3v) is 6.63. The number of sulfonamides is 1. The maximum Gasteiger partial charge on any atom is 0.265 e. The zero-order valence-corrected chi connectivity index (χ0v) is 17.0. The van der Waals surface area contributed by atoms with Gasteiger partial charge in [0.15, 0.2) is 6.10 Å². The van der Waals surface area contributed by atoms with E-state index in [9.17, 15) is 13.2 Å².